The Kier molecular flexibility index (Phi) is 4.71. The number of carbonyl (C=O) groups is 2. The monoisotopic (exact) mass is 477 g/mol. The third-order valence-electron chi connectivity index (χ3n) is 7.58. The van der Waals surface area contributed by atoms with Gasteiger partial charge in [0.15, 0.2) is 11.6 Å². The van der Waals surface area contributed by atoms with Crippen LogP contribution in [-0.4, -0.2) is 18.6 Å². The van der Waals surface area contributed by atoms with E-state index in [0.29, 0.717) is 17.0 Å². The number of rotatable bonds is 2. The van der Waals surface area contributed by atoms with Gasteiger partial charge in [-0.25, -0.2) is 0 Å². The Hall–Kier alpha value is -3.50. The standard InChI is InChI=1S/C31H27NO2S/c1-17(2)18-10-11-27-25(14-18)31(3,4)26-16-21(35-30(26)32(27)5)15-24-28(33)22-12-19-8-6-7-9-20(19)13-23(22)29(24)34/h6-17H,1-5H3. The van der Waals surface area contributed by atoms with E-state index < -0.39 is 0 Å². The number of fused-ring (bicyclic) bond motifs is 4. The van der Waals surface area contributed by atoms with E-state index in [0.717, 1.165) is 20.7 Å². The van der Waals surface area contributed by atoms with Gasteiger partial charge in [0, 0.05) is 34.2 Å². The van der Waals surface area contributed by atoms with Crippen molar-refractivity contribution in [1.29, 1.82) is 0 Å². The van der Waals surface area contributed by atoms with Crippen LogP contribution >= 0.6 is 11.3 Å². The van der Waals surface area contributed by atoms with Crippen molar-refractivity contribution in [3.05, 3.63) is 98.9 Å². The largest absolute Gasteiger partial charge is 0.336 e. The molecule has 0 amide bonds. The van der Waals surface area contributed by atoms with E-state index in [9.17, 15) is 9.59 Å². The summed E-state index contributed by atoms with van der Waals surface area (Å²) in [5.41, 5.74) is 6.17. The zero-order valence-corrected chi connectivity index (χ0v) is 21.4. The molecule has 1 aromatic heterocycles. The number of ketones is 2. The first kappa shape index (κ1) is 22.0. The predicted molar refractivity (Wildman–Crippen MR) is 146 cm³/mol. The molecule has 35 heavy (non-hydrogen) atoms. The lowest BCUT2D eigenvalue weighted by Crippen LogP contribution is -2.29. The molecule has 4 aromatic rings. The average molecular weight is 478 g/mol. The molecule has 0 saturated carbocycles. The molecule has 6 rings (SSSR count). The molecular weight excluding hydrogens is 450 g/mol. The van der Waals surface area contributed by atoms with Crippen LogP contribution in [0.2, 0.25) is 0 Å². The quantitative estimate of drug-likeness (QED) is 0.218. The number of nitrogens with zero attached hydrogens (tertiary/aromatic N) is 1. The van der Waals surface area contributed by atoms with E-state index in [4.69, 9.17) is 0 Å². The average Bonchev–Trinajstić information content (AvgIpc) is 3.38. The highest BCUT2D eigenvalue weighted by molar-refractivity contribution is 7.17. The number of anilines is 2. The van der Waals surface area contributed by atoms with Crippen molar-refractivity contribution in [3.8, 4) is 0 Å². The summed E-state index contributed by atoms with van der Waals surface area (Å²) in [6.45, 7) is 8.97. The Bertz CT molecular complexity index is 1550. The molecule has 0 N–H and O–H groups in total. The number of carbonyl (C=O) groups excluding carboxylic acids is 2. The molecule has 2 aliphatic rings. The first-order valence-corrected chi connectivity index (χ1v) is 12.8. The first-order valence-electron chi connectivity index (χ1n) is 12.0. The number of hydrogen-bond acceptors (Lipinski definition) is 4. The maximum Gasteiger partial charge on any atom is 0.197 e. The predicted octanol–water partition coefficient (Wildman–Crippen LogP) is 7.89. The van der Waals surface area contributed by atoms with E-state index in [1.54, 1.807) is 17.4 Å². The van der Waals surface area contributed by atoms with E-state index in [1.165, 1.54) is 22.4 Å². The second-order valence-electron chi connectivity index (χ2n) is 10.4. The lowest BCUT2D eigenvalue weighted by molar-refractivity contribution is 0.0990. The Labute approximate surface area is 209 Å². The van der Waals surface area contributed by atoms with Crippen LogP contribution in [0, 0.1) is 0 Å². The minimum Gasteiger partial charge on any atom is -0.336 e. The van der Waals surface area contributed by atoms with Crippen LogP contribution in [0.1, 0.15) is 75.9 Å². The van der Waals surface area contributed by atoms with Gasteiger partial charge in [0.2, 0.25) is 0 Å². The van der Waals surface area contributed by atoms with Crippen LogP contribution in [0.25, 0.3) is 16.8 Å². The molecule has 0 spiro atoms. The second-order valence-corrected chi connectivity index (χ2v) is 11.5. The Morgan fingerprint density at radius 1 is 0.857 bits per heavy atom. The van der Waals surface area contributed by atoms with E-state index >= 15 is 0 Å². The lowest BCUT2D eigenvalue weighted by atomic mass is 9.74. The van der Waals surface area contributed by atoms with Crippen molar-refractivity contribution >= 4 is 50.4 Å². The van der Waals surface area contributed by atoms with Gasteiger partial charge < -0.3 is 4.90 Å². The Morgan fingerprint density at radius 2 is 1.49 bits per heavy atom. The van der Waals surface area contributed by atoms with Gasteiger partial charge in [-0.2, -0.15) is 0 Å². The van der Waals surface area contributed by atoms with Crippen LogP contribution in [0.5, 0.6) is 0 Å². The van der Waals surface area contributed by atoms with Crippen molar-refractivity contribution in [1.82, 2.24) is 0 Å². The van der Waals surface area contributed by atoms with Crippen LogP contribution in [0.4, 0.5) is 10.7 Å². The molecule has 4 heteroatoms. The second kappa shape index (κ2) is 7.50. The molecule has 0 fully saturated rings. The van der Waals surface area contributed by atoms with Crippen LogP contribution in [0.15, 0.2) is 66.2 Å². The third-order valence-corrected chi connectivity index (χ3v) is 8.74. The zero-order chi connectivity index (χ0) is 24.6. The van der Waals surface area contributed by atoms with Crippen molar-refractivity contribution in [3.63, 3.8) is 0 Å². The highest BCUT2D eigenvalue weighted by Gasteiger charge is 2.38. The maximum absolute atomic E-state index is 13.3. The first-order chi connectivity index (χ1) is 16.7. The minimum absolute atomic E-state index is 0.181. The fourth-order valence-corrected chi connectivity index (χ4v) is 6.65. The molecule has 0 unspecified atom stereocenters. The van der Waals surface area contributed by atoms with Crippen molar-refractivity contribution in [2.45, 2.75) is 39.0 Å². The summed E-state index contributed by atoms with van der Waals surface area (Å²) in [5, 5.41) is 3.11. The number of hydrogen-bond donors (Lipinski definition) is 0. The van der Waals surface area contributed by atoms with Gasteiger partial charge in [0.1, 0.15) is 0 Å². The summed E-state index contributed by atoms with van der Waals surface area (Å²) < 4.78 is 0. The molecule has 0 saturated heterocycles. The molecule has 1 aliphatic carbocycles. The summed E-state index contributed by atoms with van der Waals surface area (Å²) in [6, 6.07) is 20.5. The number of allylic oxidation sites excluding steroid dienone is 1. The summed E-state index contributed by atoms with van der Waals surface area (Å²) in [6.07, 6.45) is 1.80. The van der Waals surface area contributed by atoms with Crippen molar-refractivity contribution < 1.29 is 9.59 Å². The van der Waals surface area contributed by atoms with Gasteiger partial charge in [-0.3, -0.25) is 9.59 Å². The topological polar surface area (TPSA) is 37.4 Å². The molecular formula is C31H27NO2S. The van der Waals surface area contributed by atoms with E-state index in [2.05, 4.69) is 63.9 Å². The fraction of sp³-hybridized carbons (Fsp3) is 0.226. The molecule has 3 nitrogen and oxygen atoms in total. The van der Waals surface area contributed by atoms with Crippen molar-refractivity contribution in [2.24, 2.45) is 0 Å². The number of benzene rings is 3. The molecule has 2 heterocycles. The van der Waals surface area contributed by atoms with Crippen LogP contribution < -0.4 is 4.90 Å². The SMILES string of the molecule is CC(C)c1ccc2c(c1)C(C)(C)c1cc(C=C3C(=O)c4cc5ccccc5cc4C3=O)sc1N2C. The third kappa shape index (κ3) is 3.16. The van der Waals surface area contributed by atoms with Gasteiger partial charge in [-0.1, -0.05) is 64.1 Å². The van der Waals surface area contributed by atoms with Gasteiger partial charge in [-0.05, 0) is 63.7 Å². The lowest BCUT2D eigenvalue weighted by Gasteiger charge is -2.38. The van der Waals surface area contributed by atoms with E-state index in [1.807, 2.05) is 36.4 Å². The normalized spacial score (nSPS) is 16.1. The molecule has 1 aliphatic heterocycles. The summed E-state index contributed by atoms with van der Waals surface area (Å²) >= 11 is 1.64. The summed E-state index contributed by atoms with van der Waals surface area (Å²) in [4.78, 5) is 29.7. The van der Waals surface area contributed by atoms with Gasteiger partial charge >= 0.3 is 0 Å². The zero-order valence-electron chi connectivity index (χ0n) is 20.6. The highest BCUT2D eigenvalue weighted by atomic mass is 32.1. The summed E-state index contributed by atoms with van der Waals surface area (Å²) in [7, 11) is 2.10. The fourth-order valence-electron chi connectivity index (χ4n) is 5.41. The van der Waals surface area contributed by atoms with Crippen LogP contribution in [0.3, 0.4) is 0 Å². The maximum atomic E-state index is 13.3. The van der Waals surface area contributed by atoms with E-state index in [-0.39, 0.29) is 22.6 Å². The number of thiophene rings is 1. The minimum atomic E-state index is -0.181. The van der Waals surface area contributed by atoms with Gasteiger partial charge in [0.05, 0.1) is 10.6 Å². The Morgan fingerprint density at radius 3 is 2.09 bits per heavy atom. The van der Waals surface area contributed by atoms with Gasteiger partial charge in [-0.15, -0.1) is 11.3 Å². The molecule has 0 bridgehead atoms. The number of Topliss-reactive ketones (excluding diaryl/α,β-unsaturated/α-hetero) is 2. The summed E-state index contributed by atoms with van der Waals surface area (Å²) in [5.74, 6) is 0.0995. The molecule has 3 aromatic carbocycles. The van der Waals surface area contributed by atoms with Crippen LogP contribution in [-0.2, 0) is 5.41 Å². The molecule has 0 radical (unpaired) electrons. The smallest absolute Gasteiger partial charge is 0.197 e. The molecule has 0 atom stereocenters. The van der Waals surface area contributed by atoms with Gasteiger partial charge in [0.25, 0.3) is 0 Å². The Balaban J connectivity index is 1.44. The molecule has 174 valence electrons. The highest BCUT2D eigenvalue weighted by Crippen LogP contribution is 2.52. The van der Waals surface area contributed by atoms with Crippen molar-refractivity contribution in [2.75, 3.05) is 11.9 Å².